The van der Waals surface area contributed by atoms with Gasteiger partial charge in [-0.1, -0.05) is 25.4 Å². The van der Waals surface area contributed by atoms with E-state index in [-0.39, 0.29) is 5.91 Å². The molecule has 8 heteroatoms. The number of hydrogen-bond donors (Lipinski definition) is 1. The van der Waals surface area contributed by atoms with Gasteiger partial charge in [-0.25, -0.2) is 0 Å². The fourth-order valence-electron chi connectivity index (χ4n) is 2.84. The van der Waals surface area contributed by atoms with E-state index in [4.69, 9.17) is 4.52 Å². The van der Waals surface area contributed by atoms with Crippen LogP contribution in [0.15, 0.2) is 10.6 Å². The summed E-state index contributed by atoms with van der Waals surface area (Å²) in [4.78, 5) is 20.9. The van der Waals surface area contributed by atoms with Crippen molar-refractivity contribution in [2.24, 2.45) is 0 Å². The number of piperazine rings is 1. The highest BCUT2D eigenvalue weighted by Gasteiger charge is 2.24. The molecule has 8 nitrogen and oxygen atoms in total. The van der Waals surface area contributed by atoms with Crippen LogP contribution in [-0.4, -0.2) is 62.2 Å². The van der Waals surface area contributed by atoms with Crippen LogP contribution in [0.2, 0.25) is 0 Å². The summed E-state index contributed by atoms with van der Waals surface area (Å²) >= 11 is 0. The predicted molar refractivity (Wildman–Crippen MR) is 87.4 cm³/mol. The van der Waals surface area contributed by atoms with Gasteiger partial charge in [-0.2, -0.15) is 10.1 Å². The van der Waals surface area contributed by atoms with E-state index >= 15 is 0 Å². The van der Waals surface area contributed by atoms with E-state index in [0.29, 0.717) is 37.0 Å². The Balaban J connectivity index is 1.51. The number of hydrogen-bond acceptors (Lipinski definition) is 6. The molecule has 0 unspecified atom stereocenters. The van der Waals surface area contributed by atoms with E-state index in [1.165, 1.54) is 0 Å². The Bertz CT molecular complexity index is 672. The van der Waals surface area contributed by atoms with Gasteiger partial charge >= 0.3 is 0 Å². The largest absolute Gasteiger partial charge is 0.339 e. The van der Waals surface area contributed by atoms with Gasteiger partial charge in [-0.05, 0) is 12.5 Å². The lowest BCUT2D eigenvalue weighted by molar-refractivity contribution is 0.0618. The molecule has 130 valence electrons. The maximum absolute atomic E-state index is 12.5. The summed E-state index contributed by atoms with van der Waals surface area (Å²) in [7, 11) is 0. The van der Waals surface area contributed by atoms with Crippen LogP contribution in [0.3, 0.4) is 0 Å². The second-order valence-electron chi connectivity index (χ2n) is 6.05. The first kappa shape index (κ1) is 16.6. The quantitative estimate of drug-likeness (QED) is 0.856. The molecule has 3 rings (SSSR count). The maximum Gasteiger partial charge on any atom is 0.274 e. The second kappa shape index (κ2) is 7.57. The third kappa shape index (κ3) is 3.81. The van der Waals surface area contributed by atoms with Gasteiger partial charge in [-0.3, -0.25) is 14.8 Å². The number of aromatic amines is 1. The fraction of sp³-hybridized carbons (Fsp3) is 0.625. The fourth-order valence-corrected chi connectivity index (χ4v) is 2.84. The number of rotatable bonds is 6. The number of aromatic nitrogens is 4. The Morgan fingerprint density at radius 2 is 2.08 bits per heavy atom. The smallest absolute Gasteiger partial charge is 0.274 e. The number of aryl methyl sites for hydroxylation is 2. The molecule has 1 aliphatic heterocycles. The zero-order valence-corrected chi connectivity index (χ0v) is 14.3. The van der Waals surface area contributed by atoms with Gasteiger partial charge in [0.05, 0.1) is 6.54 Å². The van der Waals surface area contributed by atoms with Gasteiger partial charge in [0.15, 0.2) is 5.82 Å². The van der Waals surface area contributed by atoms with Crippen LogP contribution < -0.4 is 0 Å². The monoisotopic (exact) mass is 332 g/mol. The zero-order valence-electron chi connectivity index (χ0n) is 14.3. The average molecular weight is 332 g/mol. The van der Waals surface area contributed by atoms with E-state index in [2.05, 4.69) is 32.2 Å². The molecule has 0 radical (unpaired) electrons. The molecule has 1 amide bonds. The number of carbonyl (C=O) groups excluding carboxylic acids is 1. The van der Waals surface area contributed by atoms with Crippen LogP contribution >= 0.6 is 0 Å². The summed E-state index contributed by atoms with van der Waals surface area (Å²) in [6.07, 6.45) is 2.70. The SMILES string of the molecule is CCCc1cc(C(=O)N2CCN(Cc3noc(CC)n3)CC2)n[nH]1. The topological polar surface area (TPSA) is 91.2 Å². The molecular formula is C16H24N6O2. The summed E-state index contributed by atoms with van der Waals surface area (Å²) in [6, 6.07) is 1.86. The molecule has 2 aromatic rings. The lowest BCUT2D eigenvalue weighted by atomic mass is 10.2. The van der Waals surface area contributed by atoms with Crippen molar-refractivity contribution >= 4 is 5.91 Å². The molecular weight excluding hydrogens is 308 g/mol. The lowest BCUT2D eigenvalue weighted by Gasteiger charge is -2.33. The minimum absolute atomic E-state index is 0.00100. The standard InChI is InChI=1S/C16H24N6O2/c1-3-5-12-10-13(19-18-12)16(23)22-8-6-21(7-9-22)11-14-17-15(4-2)24-20-14/h10H,3-9,11H2,1-2H3,(H,18,19). The van der Waals surface area contributed by atoms with E-state index in [0.717, 1.165) is 38.0 Å². The van der Waals surface area contributed by atoms with Crippen molar-refractivity contribution in [3.8, 4) is 0 Å². The first-order chi connectivity index (χ1) is 11.7. The molecule has 0 spiro atoms. The molecule has 1 fully saturated rings. The van der Waals surface area contributed by atoms with Crippen molar-refractivity contribution in [1.29, 1.82) is 0 Å². The van der Waals surface area contributed by atoms with Crippen molar-refractivity contribution < 1.29 is 9.32 Å². The molecule has 1 saturated heterocycles. The number of carbonyl (C=O) groups is 1. The normalized spacial score (nSPS) is 15.8. The molecule has 24 heavy (non-hydrogen) atoms. The maximum atomic E-state index is 12.5. The minimum atomic E-state index is 0.00100. The Morgan fingerprint density at radius 3 is 2.75 bits per heavy atom. The highest BCUT2D eigenvalue weighted by Crippen LogP contribution is 2.11. The third-order valence-electron chi connectivity index (χ3n) is 4.21. The van der Waals surface area contributed by atoms with E-state index in [9.17, 15) is 4.79 Å². The van der Waals surface area contributed by atoms with Crippen molar-refractivity contribution in [3.05, 3.63) is 29.2 Å². The first-order valence-electron chi connectivity index (χ1n) is 8.57. The van der Waals surface area contributed by atoms with Crippen LogP contribution in [0.5, 0.6) is 0 Å². The second-order valence-corrected chi connectivity index (χ2v) is 6.05. The van der Waals surface area contributed by atoms with Gasteiger partial charge in [0, 0.05) is 38.3 Å². The van der Waals surface area contributed by atoms with Crippen LogP contribution in [0.4, 0.5) is 0 Å². The highest BCUT2D eigenvalue weighted by atomic mass is 16.5. The molecule has 2 aromatic heterocycles. The van der Waals surface area contributed by atoms with Crippen LogP contribution in [0.25, 0.3) is 0 Å². The number of H-pyrrole nitrogens is 1. The molecule has 3 heterocycles. The number of amides is 1. The summed E-state index contributed by atoms with van der Waals surface area (Å²) < 4.78 is 5.13. The van der Waals surface area contributed by atoms with E-state index < -0.39 is 0 Å². The Labute approximate surface area is 141 Å². The van der Waals surface area contributed by atoms with Gasteiger partial charge in [0.25, 0.3) is 5.91 Å². The Morgan fingerprint density at radius 1 is 1.29 bits per heavy atom. The van der Waals surface area contributed by atoms with Crippen LogP contribution in [-0.2, 0) is 19.4 Å². The van der Waals surface area contributed by atoms with E-state index in [1.54, 1.807) is 0 Å². The average Bonchev–Trinajstić information content (AvgIpc) is 3.25. The lowest BCUT2D eigenvalue weighted by Crippen LogP contribution is -2.48. The summed E-state index contributed by atoms with van der Waals surface area (Å²) in [6.45, 7) is 7.73. The number of nitrogens with zero attached hydrogens (tertiary/aromatic N) is 5. The zero-order chi connectivity index (χ0) is 16.9. The first-order valence-corrected chi connectivity index (χ1v) is 8.57. The van der Waals surface area contributed by atoms with Gasteiger partial charge in [-0.15, -0.1) is 0 Å². The predicted octanol–water partition coefficient (Wildman–Crippen LogP) is 1.27. The molecule has 0 aliphatic carbocycles. The van der Waals surface area contributed by atoms with Crippen molar-refractivity contribution in [1.82, 2.24) is 30.1 Å². The molecule has 1 aliphatic rings. The third-order valence-corrected chi connectivity index (χ3v) is 4.21. The summed E-state index contributed by atoms with van der Waals surface area (Å²) in [5.41, 5.74) is 1.53. The van der Waals surface area contributed by atoms with Gasteiger partial charge in [0.2, 0.25) is 5.89 Å². The Hall–Kier alpha value is -2.22. The van der Waals surface area contributed by atoms with Crippen molar-refractivity contribution in [2.75, 3.05) is 26.2 Å². The van der Waals surface area contributed by atoms with Crippen molar-refractivity contribution in [2.45, 2.75) is 39.7 Å². The number of nitrogens with one attached hydrogen (secondary N) is 1. The van der Waals surface area contributed by atoms with Gasteiger partial charge in [0.1, 0.15) is 5.69 Å². The van der Waals surface area contributed by atoms with Gasteiger partial charge < -0.3 is 9.42 Å². The highest BCUT2D eigenvalue weighted by molar-refractivity contribution is 5.92. The van der Waals surface area contributed by atoms with Crippen molar-refractivity contribution in [3.63, 3.8) is 0 Å². The molecule has 0 saturated carbocycles. The van der Waals surface area contributed by atoms with Crippen LogP contribution in [0.1, 0.15) is 48.2 Å². The molecule has 0 bridgehead atoms. The molecule has 0 aromatic carbocycles. The Kier molecular flexibility index (Phi) is 5.24. The molecule has 0 atom stereocenters. The summed E-state index contributed by atoms with van der Waals surface area (Å²) in [5.74, 6) is 1.38. The summed E-state index contributed by atoms with van der Waals surface area (Å²) in [5, 5.41) is 11.1. The molecule has 1 N–H and O–H groups in total. The van der Waals surface area contributed by atoms with Crippen LogP contribution in [0, 0.1) is 0 Å². The minimum Gasteiger partial charge on any atom is -0.339 e. The van der Waals surface area contributed by atoms with E-state index in [1.807, 2.05) is 17.9 Å².